The van der Waals surface area contributed by atoms with Gasteiger partial charge in [0.25, 0.3) is 5.91 Å². The summed E-state index contributed by atoms with van der Waals surface area (Å²) in [4.78, 5) is 14.8. The van der Waals surface area contributed by atoms with Crippen LogP contribution in [0.25, 0.3) is 0 Å². The normalized spacial score (nSPS) is 28.0. The number of carbonyl (C=O) groups is 1. The van der Waals surface area contributed by atoms with Crippen LogP contribution in [0, 0.1) is 16.7 Å². The summed E-state index contributed by atoms with van der Waals surface area (Å²) in [7, 11) is 3.14. The van der Waals surface area contributed by atoms with Gasteiger partial charge in [0, 0.05) is 24.6 Å². The number of carbonyl (C=O) groups excluding carboxylic acids is 1. The maximum atomic E-state index is 12.9. The number of ether oxygens (including phenoxy) is 2. The summed E-state index contributed by atoms with van der Waals surface area (Å²) in [6.07, 6.45) is 0.963. The molecule has 1 N–H and O–H groups in total. The van der Waals surface area contributed by atoms with Crippen LogP contribution in [0.5, 0.6) is 11.5 Å². The van der Waals surface area contributed by atoms with Gasteiger partial charge < -0.3 is 19.5 Å². The zero-order valence-corrected chi connectivity index (χ0v) is 14.3. The molecule has 0 spiro atoms. The molecule has 1 saturated heterocycles. The highest BCUT2D eigenvalue weighted by molar-refractivity contribution is 5.97. The molecule has 0 unspecified atom stereocenters. The summed E-state index contributed by atoms with van der Waals surface area (Å²) in [5.41, 5.74) is 0.598. The molecule has 0 radical (unpaired) electrons. The van der Waals surface area contributed by atoms with E-state index < -0.39 is 0 Å². The Morgan fingerprint density at radius 1 is 1.35 bits per heavy atom. The van der Waals surface area contributed by atoms with Crippen LogP contribution in [-0.4, -0.2) is 49.8 Å². The van der Waals surface area contributed by atoms with Crippen LogP contribution in [0.15, 0.2) is 18.2 Å². The zero-order chi connectivity index (χ0) is 16.8. The highest BCUT2D eigenvalue weighted by Gasteiger charge is 2.63. The Morgan fingerprint density at radius 2 is 2.09 bits per heavy atom. The van der Waals surface area contributed by atoms with Gasteiger partial charge in [-0.3, -0.25) is 4.79 Å². The molecule has 0 aromatic heterocycles. The molecule has 1 aliphatic carbocycles. The number of rotatable bonds is 4. The van der Waals surface area contributed by atoms with Crippen molar-refractivity contribution in [3.05, 3.63) is 23.8 Å². The van der Waals surface area contributed by atoms with E-state index in [1.54, 1.807) is 32.4 Å². The Bertz CT molecular complexity index is 627. The maximum absolute atomic E-state index is 12.9. The maximum Gasteiger partial charge on any atom is 0.257 e. The van der Waals surface area contributed by atoms with Crippen LogP contribution in [0.2, 0.25) is 0 Å². The lowest BCUT2D eigenvalue weighted by Gasteiger charge is -2.55. The minimum atomic E-state index is -0.126. The van der Waals surface area contributed by atoms with E-state index in [9.17, 15) is 9.90 Å². The van der Waals surface area contributed by atoms with Crippen LogP contribution in [0.3, 0.4) is 0 Å². The van der Waals surface area contributed by atoms with Crippen molar-refractivity contribution in [2.45, 2.75) is 20.3 Å². The molecule has 1 saturated carbocycles. The minimum Gasteiger partial charge on any atom is -0.497 e. The monoisotopic (exact) mass is 319 g/mol. The Hall–Kier alpha value is -1.75. The van der Waals surface area contributed by atoms with Crippen LogP contribution < -0.4 is 9.47 Å². The van der Waals surface area contributed by atoms with E-state index in [2.05, 4.69) is 13.8 Å². The van der Waals surface area contributed by atoms with E-state index >= 15 is 0 Å². The van der Waals surface area contributed by atoms with Crippen molar-refractivity contribution in [2.24, 2.45) is 16.7 Å². The average molecular weight is 319 g/mol. The first-order valence-corrected chi connectivity index (χ1v) is 7.99. The number of methoxy groups -OCH3 is 2. The van der Waals surface area contributed by atoms with E-state index in [4.69, 9.17) is 9.47 Å². The highest BCUT2D eigenvalue weighted by Crippen LogP contribution is 2.62. The lowest BCUT2D eigenvalue weighted by atomic mass is 9.48. The number of aliphatic hydroxyl groups is 1. The Kier molecular flexibility index (Phi) is 3.79. The predicted octanol–water partition coefficient (Wildman–Crippen LogP) is 2.18. The number of likely N-dealkylation sites (tertiary alicyclic amines) is 1. The molecule has 1 amide bonds. The van der Waals surface area contributed by atoms with E-state index in [1.807, 2.05) is 4.90 Å². The number of fused-ring (bicyclic) bond motifs is 1. The van der Waals surface area contributed by atoms with E-state index in [-0.39, 0.29) is 23.3 Å². The van der Waals surface area contributed by atoms with Gasteiger partial charge in [-0.25, -0.2) is 0 Å². The fourth-order valence-electron chi connectivity index (χ4n) is 4.64. The number of amides is 1. The number of aliphatic hydroxyl groups excluding tert-OH is 1. The molecule has 5 nitrogen and oxygen atoms in total. The fourth-order valence-corrected chi connectivity index (χ4v) is 4.64. The smallest absolute Gasteiger partial charge is 0.257 e. The first kappa shape index (κ1) is 16.1. The van der Waals surface area contributed by atoms with Crippen LogP contribution in [0.4, 0.5) is 0 Å². The first-order valence-electron chi connectivity index (χ1n) is 7.99. The van der Waals surface area contributed by atoms with Crippen molar-refractivity contribution >= 4 is 5.91 Å². The third-order valence-corrected chi connectivity index (χ3v) is 5.64. The fraction of sp³-hybridized carbons (Fsp3) is 0.611. The highest BCUT2D eigenvalue weighted by atomic mass is 16.5. The second-order valence-corrected chi connectivity index (χ2v) is 7.49. The van der Waals surface area contributed by atoms with Crippen LogP contribution >= 0.6 is 0 Å². The molecule has 1 aliphatic heterocycles. The average Bonchev–Trinajstić information content (AvgIpc) is 2.88. The molecule has 2 aliphatic rings. The van der Waals surface area contributed by atoms with Gasteiger partial charge in [-0.2, -0.15) is 0 Å². The summed E-state index contributed by atoms with van der Waals surface area (Å²) >= 11 is 0. The van der Waals surface area contributed by atoms with Crippen molar-refractivity contribution in [3.8, 4) is 11.5 Å². The van der Waals surface area contributed by atoms with Crippen molar-refractivity contribution in [1.29, 1.82) is 0 Å². The molecule has 3 rings (SSSR count). The van der Waals surface area contributed by atoms with Gasteiger partial charge >= 0.3 is 0 Å². The van der Waals surface area contributed by atoms with E-state index in [1.165, 1.54) is 0 Å². The lowest BCUT2D eigenvalue weighted by Crippen LogP contribution is -2.54. The topological polar surface area (TPSA) is 59.0 Å². The number of hydrogen-bond acceptors (Lipinski definition) is 4. The minimum absolute atomic E-state index is 0.0393. The van der Waals surface area contributed by atoms with Gasteiger partial charge in [-0.1, -0.05) is 13.8 Å². The Labute approximate surface area is 137 Å². The molecule has 1 heterocycles. The molecule has 126 valence electrons. The summed E-state index contributed by atoms with van der Waals surface area (Å²) in [5, 5.41) is 9.84. The molecule has 2 atom stereocenters. The molecule has 1 aromatic rings. The second kappa shape index (κ2) is 5.41. The van der Waals surface area contributed by atoms with E-state index in [0.717, 1.165) is 6.42 Å². The van der Waals surface area contributed by atoms with Gasteiger partial charge in [-0.15, -0.1) is 0 Å². The van der Waals surface area contributed by atoms with Gasteiger partial charge in [0.2, 0.25) is 0 Å². The largest absolute Gasteiger partial charge is 0.497 e. The van der Waals surface area contributed by atoms with Gasteiger partial charge in [-0.05, 0) is 29.9 Å². The summed E-state index contributed by atoms with van der Waals surface area (Å²) in [5.74, 6) is 1.49. The Morgan fingerprint density at radius 3 is 2.61 bits per heavy atom. The van der Waals surface area contributed by atoms with Crippen LogP contribution in [-0.2, 0) is 0 Å². The quantitative estimate of drug-likeness (QED) is 0.924. The summed E-state index contributed by atoms with van der Waals surface area (Å²) in [6.45, 7) is 5.89. The van der Waals surface area contributed by atoms with Gasteiger partial charge in [0.15, 0.2) is 0 Å². The lowest BCUT2D eigenvalue weighted by molar-refractivity contribution is -0.0977. The molecular weight excluding hydrogens is 294 g/mol. The van der Waals surface area contributed by atoms with Gasteiger partial charge in [0.05, 0.1) is 26.4 Å². The SMILES string of the molecule is COc1ccc(C(=O)N2C[C@@H]3C(C)(C)C[C@]3(CO)C2)c(OC)c1. The van der Waals surface area contributed by atoms with Crippen molar-refractivity contribution in [2.75, 3.05) is 33.9 Å². The standard InChI is InChI=1S/C18H25NO4/c1-17(2)9-18(11-20)10-19(8-15(17)18)16(21)13-6-5-12(22-3)7-14(13)23-4/h5-7,15,20H,8-11H2,1-4H3/t15-,18-/m1/s1. The first-order chi connectivity index (χ1) is 10.9. The third-order valence-electron chi connectivity index (χ3n) is 5.64. The molecule has 0 bridgehead atoms. The molecule has 1 aromatic carbocycles. The summed E-state index contributed by atoms with van der Waals surface area (Å²) in [6, 6.07) is 5.24. The third kappa shape index (κ3) is 2.38. The molecule has 2 fully saturated rings. The molecular formula is C18H25NO4. The van der Waals surface area contributed by atoms with Crippen molar-refractivity contribution in [1.82, 2.24) is 4.90 Å². The number of nitrogens with zero attached hydrogens (tertiary/aromatic N) is 1. The van der Waals surface area contributed by atoms with E-state index in [0.29, 0.717) is 36.1 Å². The molecule has 5 heteroatoms. The number of hydrogen-bond donors (Lipinski definition) is 1. The van der Waals surface area contributed by atoms with Gasteiger partial charge in [0.1, 0.15) is 11.5 Å². The van der Waals surface area contributed by atoms with Crippen molar-refractivity contribution < 1.29 is 19.4 Å². The predicted molar refractivity (Wildman–Crippen MR) is 86.9 cm³/mol. The Balaban J connectivity index is 1.85. The van der Waals surface area contributed by atoms with Crippen molar-refractivity contribution in [3.63, 3.8) is 0 Å². The summed E-state index contributed by atoms with van der Waals surface area (Å²) < 4.78 is 10.5. The zero-order valence-electron chi connectivity index (χ0n) is 14.3. The molecule has 23 heavy (non-hydrogen) atoms. The van der Waals surface area contributed by atoms with Crippen LogP contribution in [0.1, 0.15) is 30.6 Å². The number of benzene rings is 1. The second-order valence-electron chi connectivity index (χ2n) is 7.49.